The Balaban J connectivity index is 0.00000261. The molecule has 0 atom stereocenters. The Kier molecular flexibility index (Phi) is 8.32. The molecule has 0 saturated heterocycles. The molecule has 142 valence electrons. The number of benzene rings is 2. The third kappa shape index (κ3) is 6.39. The van der Waals surface area contributed by atoms with Gasteiger partial charge in [-0.3, -0.25) is 9.67 Å². The van der Waals surface area contributed by atoms with Gasteiger partial charge < -0.3 is 10.6 Å². The van der Waals surface area contributed by atoms with E-state index in [4.69, 9.17) is 0 Å². The highest BCUT2D eigenvalue weighted by Gasteiger charge is 2.03. The number of aromatic nitrogens is 2. The van der Waals surface area contributed by atoms with Crippen LogP contribution in [0.4, 0.5) is 0 Å². The molecule has 0 bridgehead atoms. The van der Waals surface area contributed by atoms with Crippen LogP contribution in [0.5, 0.6) is 0 Å². The number of aryl methyl sites for hydroxylation is 1. The Hall–Kier alpha value is -2.35. The van der Waals surface area contributed by atoms with Gasteiger partial charge in [0.2, 0.25) is 0 Å². The monoisotopic (exact) mass is 475 g/mol. The summed E-state index contributed by atoms with van der Waals surface area (Å²) >= 11 is 0. The average Bonchev–Trinajstić information content (AvgIpc) is 3.11. The summed E-state index contributed by atoms with van der Waals surface area (Å²) in [6.07, 6.45) is 3.96. The van der Waals surface area contributed by atoms with E-state index in [1.165, 1.54) is 16.7 Å². The first-order chi connectivity index (χ1) is 12.7. The third-order valence-corrected chi connectivity index (χ3v) is 4.27. The molecular formula is C21H26IN5. The van der Waals surface area contributed by atoms with Crippen LogP contribution < -0.4 is 10.6 Å². The minimum absolute atomic E-state index is 0. The molecule has 2 aromatic carbocycles. The van der Waals surface area contributed by atoms with E-state index in [0.29, 0.717) is 6.54 Å². The summed E-state index contributed by atoms with van der Waals surface area (Å²) in [5.74, 6) is 0.782. The number of hydrogen-bond acceptors (Lipinski definition) is 2. The zero-order valence-electron chi connectivity index (χ0n) is 15.7. The van der Waals surface area contributed by atoms with Crippen LogP contribution in [0, 0.1) is 6.92 Å². The van der Waals surface area contributed by atoms with E-state index >= 15 is 0 Å². The number of halogens is 1. The Morgan fingerprint density at radius 2 is 1.67 bits per heavy atom. The molecule has 2 N–H and O–H groups in total. The summed E-state index contributed by atoms with van der Waals surface area (Å²) in [4.78, 5) is 4.29. The quantitative estimate of drug-likeness (QED) is 0.325. The molecule has 0 unspecified atom stereocenters. The van der Waals surface area contributed by atoms with E-state index in [-0.39, 0.29) is 24.0 Å². The molecule has 27 heavy (non-hydrogen) atoms. The molecular weight excluding hydrogens is 449 g/mol. The molecule has 3 rings (SSSR count). The molecule has 0 radical (unpaired) electrons. The minimum Gasteiger partial charge on any atom is -0.352 e. The predicted octanol–water partition coefficient (Wildman–Crippen LogP) is 3.72. The number of rotatable bonds is 6. The van der Waals surface area contributed by atoms with Gasteiger partial charge in [-0.25, -0.2) is 0 Å². The zero-order valence-corrected chi connectivity index (χ0v) is 18.1. The standard InChI is InChI=1S/C21H25N5.HI/c1-17-8-6-7-11-20(17)14-24-21(22-2)23-12-19-13-25-26(16-19)15-18-9-4-3-5-10-18;/h3-11,13,16H,12,14-15H2,1-2H3,(H2,22,23,24);1H. The van der Waals surface area contributed by atoms with Crippen molar-refractivity contribution in [2.45, 2.75) is 26.6 Å². The van der Waals surface area contributed by atoms with Crippen LogP contribution in [-0.2, 0) is 19.6 Å². The molecule has 0 saturated carbocycles. The number of hydrogen-bond donors (Lipinski definition) is 2. The molecule has 5 nitrogen and oxygen atoms in total. The summed E-state index contributed by atoms with van der Waals surface area (Å²) < 4.78 is 1.95. The topological polar surface area (TPSA) is 54.2 Å². The Morgan fingerprint density at radius 3 is 2.41 bits per heavy atom. The van der Waals surface area contributed by atoms with Crippen LogP contribution in [0.15, 0.2) is 72.0 Å². The molecule has 0 aliphatic rings. The SMILES string of the molecule is CN=C(NCc1cnn(Cc2ccccc2)c1)NCc1ccccc1C.I. The maximum Gasteiger partial charge on any atom is 0.191 e. The van der Waals surface area contributed by atoms with E-state index in [1.807, 2.05) is 29.1 Å². The highest BCUT2D eigenvalue weighted by molar-refractivity contribution is 14.0. The lowest BCUT2D eigenvalue weighted by Gasteiger charge is -2.12. The molecule has 1 aromatic heterocycles. The first-order valence-electron chi connectivity index (χ1n) is 8.79. The first kappa shape index (κ1) is 21.0. The van der Waals surface area contributed by atoms with Crippen LogP contribution in [0.25, 0.3) is 0 Å². The van der Waals surface area contributed by atoms with Crippen molar-refractivity contribution in [1.29, 1.82) is 0 Å². The van der Waals surface area contributed by atoms with Gasteiger partial charge in [0.1, 0.15) is 0 Å². The fraction of sp³-hybridized carbons (Fsp3) is 0.238. The Morgan fingerprint density at radius 1 is 0.963 bits per heavy atom. The van der Waals surface area contributed by atoms with Crippen molar-refractivity contribution in [3.63, 3.8) is 0 Å². The van der Waals surface area contributed by atoms with Crippen molar-refractivity contribution < 1.29 is 0 Å². The van der Waals surface area contributed by atoms with Crippen molar-refractivity contribution >= 4 is 29.9 Å². The van der Waals surface area contributed by atoms with Crippen LogP contribution in [0.2, 0.25) is 0 Å². The fourth-order valence-electron chi connectivity index (χ4n) is 2.75. The highest BCUT2D eigenvalue weighted by Crippen LogP contribution is 2.06. The largest absolute Gasteiger partial charge is 0.352 e. The van der Waals surface area contributed by atoms with Gasteiger partial charge in [-0.05, 0) is 23.6 Å². The summed E-state index contributed by atoms with van der Waals surface area (Å²) in [7, 11) is 1.78. The number of guanidine groups is 1. The number of aliphatic imine (C=N–C) groups is 1. The predicted molar refractivity (Wildman–Crippen MR) is 121 cm³/mol. The molecule has 1 heterocycles. The number of nitrogens with one attached hydrogen (secondary N) is 2. The zero-order chi connectivity index (χ0) is 18.2. The molecule has 0 fully saturated rings. The van der Waals surface area contributed by atoms with Gasteiger partial charge in [0.15, 0.2) is 5.96 Å². The smallest absolute Gasteiger partial charge is 0.191 e. The van der Waals surface area contributed by atoms with Crippen LogP contribution in [0.1, 0.15) is 22.3 Å². The maximum atomic E-state index is 4.44. The second-order valence-corrected chi connectivity index (χ2v) is 6.24. The van der Waals surface area contributed by atoms with Gasteiger partial charge in [-0.1, -0.05) is 54.6 Å². The van der Waals surface area contributed by atoms with Gasteiger partial charge in [0, 0.05) is 31.9 Å². The first-order valence-corrected chi connectivity index (χ1v) is 8.79. The molecule has 3 aromatic rings. The van der Waals surface area contributed by atoms with Gasteiger partial charge >= 0.3 is 0 Å². The summed E-state index contributed by atoms with van der Waals surface area (Å²) in [5, 5.41) is 11.1. The molecule has 0 aliphatic carbocycles. The van der Waals surface area contributed by atoms with Crippen molar-refractivity contribution in [2.75, 3.05) is 7.05 Å². The second kappa shape index (κ2) is 10.7. The molecule has 0 aliphatic heterocycles. The van der Waals surface area contributed by atoms with Crippen molar-refractivity contribution in [3.8, 4) is 0 Å². The molecule has 0 spiro atoms. The fourth-order valence-corrected chi connectivity index (χ4v) is 2.75. The van der Waals surface area contributed by atoms with Crippen molar-refractivity contribution in [2.24, 2.45) is 4.99 Å². The number of nitrogens with zero attached hydrogens (tertiary/aromatic N) is 3. The average molecular weight is 475 g/mol. The van der Waals surface area contributed by atoms with Gasteiger partial charge in [-0.15, -0.1) is 24.0 Å². The third-order valence-electron chi connectivity index (χ3n) is 4.27. The van der Waals surface area contributed by atoms with Crippen LogP contribution >= 0.6 is 24.0 Å². The maximum absolute atomic E-state index is 4.44. The summed E-state index contributed by atoms with van der Waals surface area (Å²) in [6.45, 7) is 4.33. The Bertz CT molecular complexity index is 858. The van der Waals surface area contributed by atoms with Crippen LogP contribution in [0.3, 0.4) is 0 Å². The van der Waals surface area contributed by atoms with E-state index in [9.17, 15) is 0 Å². The van der Waals surface area contributed by atoms with E-state index in [2.05, 4.69) is 70.2 Å². The van der Waals surface area contributed by atoms with E-state index < -0.39 is 0 Å². The van der Waals surface area contributed by atoms with Crippen LogP contribution in [-0.4, -0.2) is 22.8 Å². The van der Waals surface area contributed by atoms with Gasteiger partial charge in [0.25, 0.3) is 0 Å². The molecule has 6 heteroatoms. The molecule has 0 amide bonds. The minimum atomic E-state index is 0. The highest BCUT2D eigenvalue weighted by atomic mass is 127. The van der Waals surface area contributed by atoms with Gasteiger partial charge in [-0.2, -0.15) is 5.10 Å². The Labute approximate surface area is 177 Å². The summed E-state index contributed by atoms with van der Waals surface area (Å²) in [6, 6.07) is 18.7. The lowest BCUT2D eigenvalue weighted by molar-refractivity contribution is 0.685. The summed E-state index contributed by atoms with van der Waals surface area (Å²) in [5.41, 5.74) is 4.91. The van der Waals surface area contributed by atoms with E-state index in [1.54, 1.807) is 7.05 Å². The normalized spacial score (nSPS) is 11.0. The van der Waals surface area contributed by atoms with Gasteiger partial charge in [0.05, 0.1) is 12.7 Å². The lowest BCUT2D eigenvalue weighted by Crippen LogP contribution is -2.36. The van der Waals surface area contributed by atoms with Crippen molar-refractivity contribution in [3.05, 3.63) is 89.2 Å². The lowest BCUT2D eigenvalue weighted by atomic mass is 10.1. The van der Waals surface area contributed by atoms with Crippen molar-refractivity contribution in [1.82, 2.24) is 20.4 Å². The second-order valence-electron chi connectivity index (χ2n) is 6.24. The van der Waals surface area contributed by atoms with E-state index in [0.717, 1.165) is 24.6 Å².